The summed E-state index contributed by atoms with van der Waals surface area (Å²) in [5, 5.41) is 8.77. The minimum atomic E-state index is -0.417. The fourth-order valence-corrected chi connectivity index (χ4v) is 2.43. The Morgan fingerprint density at radius 1 is 1.48 bits per heavy atom. The van der Waals surface area contributed by atoms with Gasteiger partial charge in [0.1, 0.15) is 0 Å². The highest BCUT2D eigenvalue weighted by Crippen LogP contribution is 2.24. The van der Waals surface area contributed by atoms with E-state index in [1.165, 1.54) is 6.21 Å². The summed E-state index contributed by atoms with van der Waals surface area (Å²) < 4.78 is 2.25. The molecule has 1 aromatic heterocycles. The van der Waals surface area contributed by atoms with Crippen LogP contribution >= 0.6 is 39.1 Å². The van der Waals surface area contributed by atoms with E-state index in [4.69, 9.17) is 23.2 Å². The molecule has 0 saturated carbocycles. The van der Waals surface area contributed by atoms with Crippen molar-refractivity contribution in [3.8, 4) is 0 Å². The molecule has 8 heteroatoms. The number of hydrogen-bond donors (Lipinski definition) is 1. The molecule has 110 valence electrons. The van der Waals surface area contributed by atoms with Gasteiger partial charge in [-0.1, -0.05) is 35.3 Å². The maximum atomic E-state index is 12.0. The van der Waals surface area contributed by atoms with Crippen LogP contribution in [0.4, 0.5) is 0 Å². The second-order valence-corrected chi connectivity index (χ2v) is 5.79. The fraction of sp³-hybridized carbons (Fsp3) is 0.154. The molecule has 0 aliphatic rings. The third-order valence-corrected chi connectivity index (χ3v) is 4.61. The number of amides is 1. The molecule has 0 aliphatic heterocycles. The lowest BCUT2D eigenvalue weighted by Crippen LogP contribution is -2.19. The number of carbonyl (C=O) groups excluding carboxylic acids is 1. The van der Waals surface area contributed by atoms with Crippen LogP contribution in [0.15, 0.2) is 27.8 Å². The van der Waals surface area contributed by atoms with E-state index in [9.17, 15) is 4.79 Å². The van der Waals surface area contributed by atoms with Gasteiger partial charge in [-0.15, -0.1) is 0 Å². The number of halogens is 3. The van der Waals surface area contributed by atoms with Crippen LogP contribution in [0.25, 0.3) is 0 Å². The first-order valence-electron chi connectivity index (χ1n) is 5.88. The number of rotatable bonds is 3. The van der Waals surface area contributed by atoms with Crippen LogP contribution < -0.4 is 5.43 Å². The van der Waals surface area contributed by atoms with Crippen LogP contribution in [0.1, 0.15) is 21.7 Å². The molecule has 0 saturated heterocycles. The smallest absolute Gasteiger partial charge is 0.271 e. The van der Waals surface area contributed by atoms with Gasteiger partial charge in [-0.05, 0) is 28.9 Å². The summed E-state index contributed by atoms with van der Waals surface area (Å²) in [6, 6.07) is 5.16. The second-order valence-electron chi connectivity index (χ2n) is 4.21. The van der Waals surface area contributed by atoms with Crippen molar-refractivity contribution in [2.24, 2.45) is 12.1 Å². The van der Waals surface area contributed by atoms with Crippen molar-refractivity contribution in [2.45, 2.75) is 6.92 Å². The maximum absolute atomic E-state index is 12.0. The topological polar surface area (TPSA) is 59.3 Å². The lowest BCUT2D eigenvalue weighted by Gasteiger charge is -2.00. The molecule has 1 aromatic carbocycles. The van der Waals surface area contributed by atoms with Crippen LogP contribution in [0, 0.1) is 6.92 Å². The predicted octanol–water partition coefficient (Wildman–Crippen LogP) is 3.56. The number of aromatic nitrogens is 2. The zero-order chi connectivity index (χ0) is 15.6. The summed E-state index contributed by atoms with van der Waals surface area (Å²) in [5.74, 6) is -0.417. The Labute approximate surface area is 140 Å². The van der Waals surface area contributed by atoms with E-state index in [1.54, 1.807) is 29.9 Å². The molecule has 21 heavy (non-hydrogen) atoms. The van der Waals surface area contributed by atoms with E-state index in [1.807, 2.05) is 6.92 Å². The molecule has 0 radical (unpaired) electrons. The van der Waals surface area contributed by atoms with Gasteiger partial charge in [0.05, 0.1) is 26.4 Å². The number of nitrogens with zero attached hydrogens (tertiary/aromatic N) is 3. The molecule has 2 aromatic rings. The van der Waals surface area contributed by atoms with Crippen molar-refractivity contribution in [1.82, 2.24) is 15.2 Å². The highest BCUT2D eigenvalue weighted by atomic mass is 79.9. The number of aryl methyl sites for hydroxylation is 1. The minimum Gasteiger partial charge on any atom is -0.271 e. The van der Waals surface area contributed by atoms with Gasteiger partial charge in [0.15, 0.2) is 5.69 Å². The van der Waals surface area contributed by atoms with Crippen molar-refractivity contribution in [2.75, 3.05) is 0 Å². The van der Waals surface area contributed by atoms with E-state index >= 15 is 0 Å². The molecule has 0 bridgehead atoms. The Bertz CT molecular complexity index is 727. The molecule has 1 amide bonds. The summed E-state index contributed by atoms with van der Waals surface area (Å²) in [6.07, 6.45) is 1.43. The van der Waals surface area contributed by atoms with Crippen molar-refractivity contribution in [1.29, 1.82) is 0 Å². The van der Waals surface area contributed by atoms with Crippen molar-refractivity contribution in [3.05, 3.63) is 49.7 Å². The Morgan fingerprint density at radius 2 is 2.19 bits per heavy atom. The number of carbonyl (C=O) groups is 1. The molecule has 5 nitrogen and oxygen atoms in total. The Balaban J connectivity index is 2.12. The maximum Gasteiger partial charge on any atom is 0.293 e. The number of hydrazone groups is 1. The third kappa shape index (κ3) is 3.45. The normalized spacial score (nSPS) is 11.1. The SMILES string of the molecule is Cc1c(Br)c(C(=O)NN=Cc2cccc(Cl)c2Cl)nn1C. The van der Waals surface area contributed by atoms with E-state index in [2.05, 4.69) is 31.6 Å². The quantitative estimate of drug-likeness (QED) is 0.644. The average molecular weight is 390 g/mol. The zero-order valence-corrected chi connectivity index (χ0v) is 14.3. The molecule has 0 fully saturated rings. The molecule has 0 aliphatic carbocycles. The molecule has 1 heterocycles. The summed E-state index contributed by atoms with van der Waals surface area (Å²) in [4.78, 5) is 12.0. The molecule has 1 N–H and O–H groups in total. The second kappa shape index (κ2) is 6.60. The van der Waals surface area contributed by atoms with E-state index in [-0.39, 0.29) is 5.69 Å². The Kier molecular flexibility index (Phi) is 5.03. The summed E-state index contributed by atoms with van der Waals surface area (Å²) >= 11 is 15.2. The van der Waals surface area contributed by atoms with Gasteiger partial charge >= 0.3 is 0 Å². The standard InChI is InChI=1S/C13H11BrCl2N4O/c1-7-10(14)12(19-20(7)2)13(21)18-17-6-8-4-3-5-9(15)11(8)16/h3-6H,1-2H3,(H,18,21). The molecule has 0 unspecified atom stereocenters. The third-order valence-electron chi connectivity index (χ3n) is 2.83. The van der Waals surface area contributed by atoms with Crippen LogP contribution in [-0.4, -0.2) is 21.9 Å². The van der Waals surface area contributed by atoms with Gasteiger partial charge in [0.25, 0.3) is 5.91 Å². The highest BCUT2D eigenvalue weighted by molar-refractivity contribution is 9.10. The first-order valence-corrected chi connectivity index (χ1v) is 7.43. The van der Waals surface area contributed by atoms with Crippen LogP contribution in [0.3, 0.4) is 0 Å². The zero-order valence-electron chi connectivity index (χ0n) is 11.2. The number of nitrogens with one attached hydrogen (secondary N) is 1. The van der Waals surface area contributed by atoms with Gasteiger partial charge in [-0.2, -0.15) is 10.2 Å². The van der Waals surface area contributed by atoms with E-state index < -0.39 is 5.91 Å². The fourth-order valence-electron chi connectivity index (χ4n) is 1.56. The largest absolute Gasteiger partial charge is 0.293 e. The molecular weight excluding hydrogens is 379 g/mol. The minimum absolute atomic E-state index is 0.268. The monoisotopic (exact) mass is 388 g/mol. The van der Waals surface area contributed by atoms with Crippen LogP contribution in [-0.2, 0) is 7.05 Å². The number of hydrogen-bond acceptors (Lipinski definition) is 3. The Hall–Kier alpha value is -1.37. The van der Waals surface area contributed by atoms with Gasteiger partial charge in [0.2, 0.25) is 0 Å². The van der Waals surface area contributed by atoms with Gasteiger partial charge in [-0.3, -0.25) is 9.48 Å². The van der Waals surface area contributed by atoms with Crippen molar-refractivity contribution < 1.29 is 4.79 Å². The van der Waals surface area contributed by atoms with Gasteiger partial charge in [0, 0.05) is 12.6 Å². The highest BCUT2D eigenvalue weighted by Gasteiger charge is 2.17. The first-order chi connectivity index (χ1) is 9.91. The Morgan fingerprint density at radius 3 is 2.81 bits per heavy atom. The van der Waals surface area contributed by atoms with Crippen molar-refractivity contribution >= 4 is 51.3 Å². The average Bonchev–Trinajstić information content (AvgIpc) is 2.71. The van der Waals surface area contributed by atoms with Crippen LogP contribution in [0.2, 0.25) is 10.0 Å². The molecule has 0 atom stereocenters. The lowest BCUT2D eigenvalue weighted by molar-refractivity contribution is 0.0948. The summed E-state index contributed by atoms with van der Waals surface area (Å²) in [6.45, 7) is 1.85. The first kappa shape index (κ1) is 16.0. The molecule has 2 rings (SSSR count). The van der Waals surface area contributed by atoms with Gasteiger partial charge in [-0.25, -0.2) is 5.43 Å². The van der Waals surface area contributed by atoms with Crippen molar-refractivity contribution in [3.63, 3.8) is 0 Å². The summed E-state index contributed by atoms with van der Waals surface area (Å²) in [5.41, 5.74) is 4.13. The molecular formula is C13H11BrCl2N4O. The van der Waals surface area contributed by atoms with Gasteiger partial charge < -0.3 is 0 Å². The summed E-state index contributed by atoms with van der Waals surface area (Å²) in [7, 11) is 1.76. The number of benzene rings is 1. The molecule has 0 spiro atoms. The van der Waals surface area contributed by atoms with E-state index in [0.29, 0.717) is 20.1 Å². The lowest BCUT2D eigenvalue weighted by atomic mass is 10.2. The van der Waals surface area contributed by atoms with Crippen LogP contribution in [0.5, 0.6) is 0 Å². The predicted molar refractivity (Wildman–Crippen MR) is 87.2 cm³/mol. The van der Waals surface area contributed by atoms with E-state index in [0.717, 1.165) is 5.69 Å².